The van der Waals surface area contributed by atoms with E-state index < -0.39 is 5.97 Å². The molecule has 2 rings (SSSR count). The number of carbonyl (C=O) groups excluding carboxylic acids is 1. The largest absolute Gasteiger partial charge is 0.458 e. The summed E-state index contributed by atoms with van der Waals surface area (Å²) in [5, 5.41) is 0.487. The molecular weight excluding hydrogens is 226 g/mol. The smallest absolute Gasteiger partial charge is 0.340 e. The summed E-state index contributed by atoms with van der Waals surface area (Å²) in [7, 11) is 0. The van der Waals surface area contributed by atoms with Crippen molar-refractivity contribution >= 4 is 23.1 Å². The molecule has 0 spiro atoms. The number of ether oxygens (including phenoxy) is 1. The second-order valence-electron chi connectivity index (χ2n) is 3.22. The zero-order valence-corrected chi connectivity index (χ0v) is 9.28. The Kier molecular flexibility index (Phi) is 2.97. The van der Waals surface area contributed by atoms with E-state index in [1.165, 1.54) is 6.08 Å². The molecule has 16 heavy (non-hydrogen) atoms. The van der Waals surface area contributed by atoms with Crippen LogP contribution in [0.1, 0.15) is 10.4 Å². The Bertz CT molecular complexity index is 545. The molecule has 0 saturated heterocycles. The van der Waals surface area contributed by atoms with E-state index >= 15 is 0 Å². The molecule has 0 atom stereocenters. The summed E-state index contributed by atoms with van der Waals surface area (Å²) < 4.78 is 6.70. The van der Waals surface area contributed by atoms with Crippen LogP contribution in [-0.2, 0) is 4.74 Å². The molecule has 0 aliphatic rings. The third-order valence-electron chi connectivity index (χ3n) is 2.18. The Hall–Kier alpha value is -1.74. The maximum absolute atomic E-state index is 11.7. The number of pyridine rings is 1. The Labute approximate surface area is 97.9 Å². The molecule has 2 aromatic rings. The molecule has 0 N–H and O–H groups in total. The van der Waals surface area contributed by atoms with Crippen LogP contribution >= 0.6 is 11.6 Å². The molecule has 0 unspecified atom stereocenters. The molecule has 0 aliphatic carbocycles. The molecule has 0 amide bonds. The van der Waals surface area contributed by atoms with Crippen molar-refractivity contribution in [3.8, 4) is 0 Å². The lowest BCUT2D eigenvalue weighted by Gasteiger charge is -2.00. The fourth-order valence-electron chi connectivity index (χ4n) is 1.49. The predicted molar refractivity (Wildman–Crippen MR) is 62.9 cm³/mol. The van der Waals surface area contributed by atoms with Crippen LogP contribution in [0.4, 0.5) is 0 Å². The lowest BCUT2D eigenvalue weighted by atomic mass is 10.2. The highest BCUT2D eigenvalue weighted by Gasteiger charge is 2.14. The van der Waals surface area contributed by atoms with Gasteiger partial charge < -0.3 is 9.14 Å². The SMILES string of the molecule is C=CCOC(=O)c1cc(Cl)n2ccccc12. The van der Waals surface area contributed by atoms with Crippen molar-refractivity contribution in [3.05, 3.63) is 53.8 Å². The number of nitrogens with zero attached hydrogens (tertiary/aromatic N) is 1. The summed E-state index contributed by atoms with van der Waals surface area (Å²) in [5.74, 6) is -0.393. The Balaban J connectivity index is 2.44. The van der Waals surface area contributed by atoms with Gasteiger partial charge in [-0.05, 0) is 18.2 Å². The Morgan fingerprint density at radius 3 is 3.12 bits per heavy atom. The average molecular weight is 236 g/mol. The number of fused-ring (bicyclic) bond motifs is 1. The van der Waals surface area contributed by atoms with Gasteiger partial charge in [-0.15, -0.1) is 0 Å². The number of halogens is 1. The molecule has 2 aromatic heterocycles. The molecule has 0 saturated carbocycles. The Morgan fingerprint density at radius 1 is 1.56 bits per heavy atom. The molecular formula is C12H10ClNO2. The number of rotatable bonds is 3. The van der Waals surface area contributed by atoms with Gasteiger partial charge in [-0.2, -0.15) is 0 Å². The van der Waals surface area contributed by atoms with Gasteiger partial charge >= 0.3 is 5.97 Å². The minimum Gasteiger partial charge on any atom is -0.458 e. The van der Waals surface area contributed by atoms with Crippen LogP contribution in [0.5, 0.6) is 0 Å². The fraction of sp³-hybridized carbons (Fsp3) is 0.0833. The van der Waals surface area contributed by atoms with Gasteiger partial charge in [0.1, 0.15) is 11.8 Å². The third-order valence-corrected chi connectivity index (χ3v) is 2.47. The van der Waals surface area contributed by atoms with Crippen LogP contribution in [-0.4, -0.2) is 17.0 Å². The number of hydrogen-bond acceptors (Lipinski definition) is 2. The minimum atomic E-state index is -0.393. The quantitative estimate of drug-likeness (QED) is 0.605. The highest BCUT2D eigenvalue weighted by Crippen LogP contribution is 2.21. The van der Waals surface area contributed by atoms with Crippen molar-refractivity contribution in [2.24, 2.45) is 0 Å². The van der Waals surface area contributed by atoms with Gasteiger partial charge in [0.25, 0.3) is 0 Å². The normalized spacial score (nSPS) is 10.3. The topological polar surface area (TPSA) is 30.7 Å². The van der Waals surface area contributed by atoms with E-state index in [-0.39, 0.29) is 6.61 Å². The first-order valence-corrected chi connectivity index (χ1v) is 5.15. The van der Waals surface area contributed by atoms with Crippen molar-refractivity contribution in [2.75, 3.05) is 6.61 Å². The van der Waals surface area contributed by atoms with Gasteiger partial charge in [-0.1, -0.05) is 30.3 Å². The van der Waals surface area contributed by atoms with Gasteiger partial charge in [0.05, 0.1) is 11.1 Å². The standard InChI is InChI=1S/C12H10ClNO2/c1-2-7-16-12(15)9-8-11(13)14-6-4-3-5-10(9)14/h2-6,8H,1,7H2. The Morgan fingerprint density at radius 2 is 2.38 bits per heavy atom. The zero-order chi connectivity index (χ0) is 11.5. The second kappa shape index (κ2) is 4.41. The monoisotopic (exact) mass is 235 g/mol. The van der Waals surface area contributed by atoms with Crippen LogP contribution < -0.4 is 0 Å². The molecule has 0 bridgehead atoms. The summed E-state index contributed by atoms with van der Waals surface area (Å²) in [4.78, 5) is 11.7. The van der Waals surface area contributed by atoms with E-state index in [2.05, 4.69) is 6.58 Å². The van der Waals surface area contributed by atoms with Crippen molar-refractivity contribution < 1.29 is 9.53 Å². The fourth-order valence-corrected chi connectivity index (χ4v) is 1.74. The van der Waals surface area contributed by atoms with Gasteiger partial charge in [-0.3, -0.25) is 0 Å². The molecule has 82 valence electrons. The van der Waals surface area contributed by atoms with Crippen LogP contribution in [0.2, 0.25) is 5.15 Å². The summed E-state index contributed by atoms with van der Waals surface area (Å²) in [6.45, 7) is 3.68. The first kappa shape index (κ1) is 10.8. The minimum absolute atomic E-state index is 0.195. The van der Waals surface area contributed by atoms with Crippen LogP contribution in [0.3, 0.4) is 0 Å². The highest BCUT2D eigenvalue weighted by atomic mass is 35.5. The predicted octanol–water partition coefficient (Wildman–Crippen LogP) is 2.94. The summed E-state index contributed by atoms with van der Waals surface area (Å²) >= 11 is 5.99. The number of carbonyl (C=O) groups is 1. The van der Waals surface area contributed by atoms with Gasteiger partial charge in [0.2, 0.25) is 0 Å². The van der Waals surface area contributed by atoms with E-state index in [9.17, 15) is 4.79 Å². The van der Waals surface area contributed by atoms with Crippen molar-refractivity contribution in [2.45, 2.75) is 0 Å². The molecule has 0 fully saturated rings. The number of aromatic nitrogens is 1. The zero-order valence-electron chi connectivity index (χ0n) is 8.52. The van der Waals surface area contributed by atoms with E-state index in [0.717, 1.165) is 5.52 Å². The van der Waals surface area contributed by atoms with E-state index in [4.69, 9.17) is 16.3 Å². The van der Waals surface area contributed by atoms with E-state index in [1.54, 1.807) is 16.7 Å². The molecule has 3 nitrogen and oxygen atoms in total. The maximum Gasteiger partial charge on any atom is 0.340 e. The second-order valence-corrected chi connectivity index (χ2v) is 3.61. The maximum atomic E-state index is 11.7. The highest BCUT2D eigenvalue weighted by molar-refractivity contribution is 6.30. The molecule has 0 radical (unpaired) electrons. The van der Waals surface area contributed by atoms with Crippen LogP contribution in [0.15, 0.2) is 43.1 Å². The lowest BCUT2D eigenvalue weighted by Crippen LogP contribution is -2.04. The summed E-state index contributed by atoms with van der Waals surface area (Å²) in [6, 6.07) is 7.10. The number of esters is 1. The molecule has 0 aromatic carbocycles. The van der Waals surface area contributed by atoms with E-state index in [0.29, 0.717) is 10.7 Å². The van der Waals surface area contributed by atoms with E-state index in [1.807, 2.05) is 18.2 Å². The molecule has 4 heteroatoms. The summed E-state index contributed by atoms with van der Waals surface area (Å²) in [6.07, 6.45) is 3.32. The molecule has 0 aliphatic heterocycles. The van der Waals surface area contributed by atoms with Gasteiger partial charge in [-0.25, -0.2) is 4.79 Å². The van der Waals surface area contributed by atoms with Gasteiger partial charge in [0.15, 0.2) is 0 Å². The number of hydrogen-bond donors (Lipinski definition) is 0. The average Bonchev–Trinajstić information content (AvgIpc) is 2.65. The first-order chi connectivity index (χ1) is 7.74. The molecule has 2 heterocycles. The lowest BCUT2D eigenvalue weighted by molar-refractivity contribution is 0.0552. The first-order valence-electron chi connectivity index (χ1n) is 4.77. The van der Waals surface area contributed by atoms with Crippen molar-refractivity contribution in [1.29, 1.82) is 0 Å². The van der Waals surface area contributed by atoms with Crippen LogP contribution in [0, 0.1) is 0 Å². The van der Waals surface area contributed by atoms with Crippen molar-refractivity contribution in [1.82, 2.24) is 4.40 Å². The summed E-state index contributed by atoms with van der Waals surface area (Å²) in [5.41, 5.74) is 1.20. The third kappa shape index (κ3) is 1.82. The van der Waals surface area contributed by atoms with Gasteiger partial charge in [0, 0.05) is 6.20 Å². The van der Waals surface area contributed by atoms with Crippen molar-refractivity contribution in [3.63, 3.8) is 0 Å². The van der Waals surface area contributed by atoms with Crippen LogP contribution in [0.25, 0.3) is 5.52 Å².